The van der Waals surface area contributed by atoms with Gasteiger partial charge in [-0.15, -0.1) is 0 Å². The molecule has 2 unspecified atom stereocenters. The van der Waals surface area contributed by atoms with Gasteiger partial charge in [0, 0.05) is 11.0 Å². The Hall–Kier alpha value is -1.27. The Morgan fingerprint density at radius 2 is 2.09 bits per heavy atom. The van der Waals surface area contributed by atoms with Crippen LogP contribution in [0.25, 0.3) is 0 Å². The molecule has 22 heavy (non-hydrogen) atoms. The van der Waals surface area contributed by atoms with Crippen LogP contribution in [0.3, 0.4) is 0 Å². The fourth-order valence-corrected chi connectivity index (χ4v) is 3.56. The number of halogens is 1. The van der Waals surface area contributed by atoms with Crippen molar-refractivity contribution in [2.24, 2.45) is 5.92 Å². The van der Waals surface area contributed by atoms with Gasteiger partial charge in [0.1, 0.15) is 13.2 Å². The summed E-state index contributed by atoms with van der Waals surface area (Å²) in [5.41, 5.74) is 1.00. The second-order valence-corrected chi connectivity index (χ2v) is 6.65. The van der Waals surface area contributed by atoms with Crippen LogP contribution in [0.5, 0.6) is 11.5 Å². The lowest BCUT2D eigenvalue weighted by molar-refractivity contribution is -0.126. The third-order valence-electron chi connectivity index (χ3n) is 4.15. The highest BCUT2D eigenvalue weighted by Crippen LogP contribution is 2.37. The number of carbonyl (C=O) groups is 1. The quantitative estimate of drug-likeness (QED) is 0.859. The first-order chi connectivity index (χ1) is 10.6. The molecule has 2 aliphatic rings. The largest absolute Gasteiger partial charge is 0.486 e. The van der Waals surface area contributed by atoms with Crippen molar-refractivity contribution in [1.82, 2.24) is 10.6 Å². The van der Waals surface area contributed by atoms with E-state index in [-0.39, 0.29) is 17.9 Å². The number of piperidine rings is 1. The van der Waals surface area contributed by atoms with Gasteiger partial charge in [-0.25, -0.2) is 0 Å². The lowest BCUT2D eigenvalue weighted by Gasteiger charge is -2.26. The van der Waals surface area contributed by atoms with Crippen LogP contribution in [0.4, 0.5) is 0 Å². The molecule has 2 atom stereocenters. The third kappa shape index (κ3) is 3.38. The zero-order valence-electron chi connectivity index (χ0n) is 12.7. The molecule has 5 nitrogen and oxygen atoms in total. The molecule has 0 saturated carbocycles. The summed E-state index contributed by atoms with van der Waals surface area (Å²) in [6.45, 7) is 4.89. The van der Waals surface area contributed by atoms with Crippen molar-refractivity contribution >= 4 is 21.8 Å². The van der Waals surface area contributed by atoms with Crippen LogP contribution in [0.15, 0.2) is 16.6 Å². The van der Waals surface area contributed by atoms with Gasteiger partial charge in [-0.2, -0.15) is 0 Å². The summed E-state index contributed by atoms with van der Waals surface area (Å²) in [5, 5.41) is 6.38. The molecule has 1 saturated heterocycles. The number of hydrogen-bond donors (Lipinski definition) is 2. The minimum Gasteiger partial charge on any atom is -0.486 e. The Kier molecular flexibility index (Phi) is 4.88. The van der Waals surface area contributed by atoms with Gasteiger partial charge < -0.3 is 20.1 Å². The summed E-state index contributed by atoms with van der Waals surface area (Å²) in [4.78, 5) is 12.4. The highest BCUT2D eigenvalue weighted by molar-refractivity contribution is 9.10. The summed E-state index contributed by atoms with van der Waals surface area (Å²) in [6.07, 6.45) is 2.01. The van der Waals surface area contributed by atoms with E-state index in [9.17, 15) is 4.79 Å². The Bertz CT molecular complexity index is 559. The molecule has 120 valence electrons. The summed E-state index contributed by atoms with van der Waals surface area (Å²) in [7, 11) is 0. The molecule has 2 aliphatic heterocycles. The van der Waals surface area contributed by atoms with Gasteiger partial charge in [0.25, 0.3) is 0 Å². The molecule has 1 aromatic rings. The minimum atomic E-state index is -0.0837. The molecule has 1 aromatic carbocycles. The predicted molar refractivity (Wildman–Crippen MR) is 87.3 cm³/mol. The second kappa shape index (κ2) is 6.87. The van der Waals surface area contributed by atoms with Crippen LogP contribution in [-0.2, 0) is 4.79 Å². The van der Waals surface area contributed by atoms with E-state index in [1.54, 1.807) is 0 Å². The topological polar surface area (TPSA) is 59.6 Å². The van der Waals surface area contributed by atoms with Crippen molar-refractivity contribution in [2.75, 3.05) is 26.3 Å². The molecule has 3 rings (SSSR count). The number of hydrogen-bond acceptors (Lipinski definition) is 4. The summed E-state index contributed by atoms with van der Waals surface area (Å²) >= 11 is 3.56. The van der Waals surface area contributed by atoms with Gasteiger partial charge in [0.15, 0.2) is 11.5 Å². The first kappa shape index (κ1) is 15.6. The number of carbonyl (C=O) groups excluding carboxylic acids is 1. The average Bonchev–Trinajstić information content (AvgIpc) is 2.54. The fraction of sp³-hybridized carbons (Fsp3) is 0.562. The smallest absolute Gasteiger partial charge is 0.224 e. The molecular formula is C16H21BrN2O3. The monoisotopic (exact) mass is 368 g/mol. The van der Waals surface area contributed by atoms with Gasteiger partial charge in [0.2, 0.25) is 5.91 Å². The van der Waals surface area contributed by atoms with E-state index in [0.29, 0.717) is 13.2 Å². The zero-order valence-corrected chi connectivity index (χ0v) is 14.2. The number of fused-ring (bicyclic) bond motifs is 1. The Balaban J connectivity index is 1.71. The van der Waals surface area contributed by atoms with E-state index in [1.807, 2.05) is 19.1 Å². The SMILES string of the molecule is CC(NC(=O)C1CCCNC1)c1cc2c(cc1Br)OCCO2. The maximum Gasteiger partial charge on any atom is 0.224 e. The van der Waals surface area contributed by atoms with Crippen molar-refractivity contribution in [3.63, 3.8) is 0 Å². The van der Waals surface area contributed by atoms with Crippen molar-refractivity contribution in [2.45, 2.75) is 25.8 Å². The van der Waals surface area contributed by atoms with E-state index in [1.165, 1.54) is 0 Å². The highest BCUT2D eigenvalue weighted by atomic mass is 79.9. The molecular weight excluding hydrogens is 348 g/mol. The van der Waals surface area contributed by atoms with E-state index in [0.717, 1.165) is 47.5 Å². The number of nitrogens with one attached hydrogen (secondary N) is 2. The Morgan fingerprint density at radius 1 is 1.36 bits per heavy atom. The summed E-state index contributed by atoms with van der Waals surface area (Å²) in [5.74, 6) is 1.66. The molecule has 2 N–H and O–H groups in total. The van der Waals surface area contributed by atoms with Crippen LogP contribution in [0.2, 0.25) is 0 Å². The fourth-order valence-electron chi connectivity index (χ4n) is 2.90. The molecule has 0 spiro atoms. The summed E-state index contributed by atoms with van der Waals surface area (Å²) < 4.78 is 12.1. The van der Waals surface area contributed by atoms with E-state index >= 15 is 0 Å². The molecule has 0 aromatic heterocycles. The molecule has 1 fully saturated rings. The molecule has 0 radical (unpaired) electrons. The summed E-state index contributed by atoms with van der Waals surface area (Å²) in [6, 6.07) is 3.77. The third-order valence-corrected chi connectivity index (χ3v) is 4.84. The van der Waals surface area contributed by atoms with Crippen molar-refractivity contribution in [3.8, 4) is 11.5 Å². The van der Waals surface area contributed by atoms with Gasteiger partial charge in [-0.1, -0.05) is 15.9 Å². The molecule has 1 amide bonds. The van der Waals surface area contributed by atoms with Crippen LogP contribution in [0.1, 0.15) is 31.4 Å². The van der Waals surface area contributed by atoms with Crippen molar-refractivity contribution in [3.05, 3.63) is 22.2 Å². The maximum absolute atomic E-state index is 12.4. The molecule has 2 heterocycles. The standard InChI is InChI=1S/C16H21BrN2O3/c1-10(19-16(20)11-3-2-4-18-9-11)12-7-14-15(8-13(12)17)22-6-5-21-14/h7-8,10-11,18H,2-6,9H2,1H3,(H,19,20). The first-order valence-corrected chi connectivity index (χ1v) is 8.54. The van der Waals surface area contributed by atoms with E-state index < -0.39 is 0 Å². The Labute approximate surface area is 138 Å². The Morgan fingerprint density at radius 3 is 2.77 bits per heavy atom. The minimum absolute atomic E-state index is 0.0622. The lowest BCUT2D eigenvalue weighted by atomic mass is 9.98. The first-order valence-electron chi connectivity index (χ1n) is 7.75. The highest BCUT2D eigenvalue weighted by Gasteiger charge is 2.24. The van der Waals surface area contributed by atoms with Gasteiger partial charge in [-0.3, -0.25) is 4.79 Å². The maximum atomic E-state index is 12.4. The number of benzene rings is 1. The van der Waals surface area contributed by atoms with Crippen LogP contribution < -0.4 is 20.1 Å². The van der Waals surface area contributed by atoms with Gasteiger partial charge >= 0.3 is 0 Å². The normalized spacial score (nSPS) is 22.0. The van der Waals surface area contributed by atoms with E-state index in [2.05, 4.69) is 26.6 Å². The zero-order chi connectivity index (χ0) is 15.5. The van der Waals surface area contributed by atoms with E-state index in [4.69, 9.17) is 9.47 Å². The van der Waals surface area contributed by atoms with Crippen LogP contribution in [0, 0.1) is 5.92 Å². The molecule has 6 heteroatoms. The lowest BCUT2D eigenvalue weighted by Crippen LogP contribution is -2.41. The number of ether oxygens (including phenoxy) is 2. The van der Waals surface area contributed by atoms with Gasteiger partial charge in [0.05, 0.1) is 12.0 Å². The van der Waals surface area contributed by atoms with Crippen LogP contribution in [-0.4, -0.2) is 32.2 Å². The number of rotatable bonds is 3. The van der Waals surface area contributed by atoms with Gasteiger partial charge in [-0.05, 0) is 44.0 Å². The van der Waals surface area contributed by atoms with Crippen molar-refractivity contribution < 1.29 is 14.3 Å². The number of amides is 1. The van der Waals surface area contributed by atoms with Crippen LogP contribution >= 0.6 is 15.9 Å². The van der Waals surface area contributed by atoms with Crippen molar-refractivity contribution in [1.29, 1.82) is 0 Å². The molecule has 0 aliphatic carbocycles. The second-order valence-electron chi connectivity index (χ2n) is 5.79. The predicted octanol–water partition coefficient (Wildman–Crippen LogP) is 2.40. The average molecular weight is 369 g/mol. The molecule has 0 bridgehead atoms.